The van der Waals surface area contributed by atoms with E-state index in [1.807, 2.05) is 19.1 Å². The van der Waals surface area contributed by atoms with E-state index >= 15 is 0 Å². The summed E-state index contributed by atoms with van der Waals surface area (Å²) in [5.41, 5.74) is 6.25. The van der Waals surface area contributed by atoms with E-state index in [-0.39, 0.29) is 6.61 Å². The number of hydrogen-bond donors (Lipinski definition) is 2. The number of carbonyl (C=O) groups excluding carboxylic acids is 1. The van der Waals surface area contributed by atoms with E-state index in [4.69, 9.17) is 19.9 Å². The summed E-state index contributed by atoms with van der Waals surface area (Å²) < 4.78 is 17.4. The van der Waals surface area contributed by atoms with E-state index in [2.05, 4.69) is 21.2 Å². The van der Waals surface area contributed by atoms with Crippen LogP contribution in [0.5, 0.6) is 11.5 Å². The van der Waals surface area contributed by atoms with Crippen molar-refractivity contribution in [3.63, 3.8) is 0 Å². The molecule has 1 aliphatic rings. The van der Waals surface area contributed by atoms with Crippen LogP contribution in [0, 0.1) is 0 Å². The van der Waals surface area contributed by atoms with Crippen molar-refractivity contribution in [2.45, 2.75) is 32.4 Å². The predicted molar refractivity (Wildman–Crippen MR) is 89.5 cm³/mol. The maximum Gasteiger partial charge on any atom is 0.255 e. The van der Waals surface area contributed by atoms with Gasteiger partial charge in [0.15, 0.2) is 18.1 Å². The minimum Gasteiger partial charge on any atom is -0.490 e. The summed E-state index contributed by atoms with van der Waals surface area (Å²) in [5, 5.41) is 2.23. The molecule has 0 saturated carbocycles. The summed E-state index contributed by atoms with van der Waals surface area (Å²) in [4.78, 5) is 10.9. The van der Waals surface area contributed by atoms with Gasteiger partial charge in [-0.25, -0.2) is 0 Å². The van der Waals surface area contributed by atoms with Gasteiger partial charge >= 0.3 is 0 Å². The smallest absolute Gasteiger partial charge is 0.255 e. The molecule has 128 valence electrons. The van der Waals surface area contributed by atoms with Crippen molar-refractivity contribution >= 4 is 21.8 Å². The molecule has 1 aromatic rings. The van der Waals surface area contributed by atoms with Crippen LogP contribution in [0.2, 0.25) is 0 Å². The molecule has 1 atom stereocenters. The number of ether oxygens (including phenoxy) is 3. The fourth-order valence-electron chi connectivity index (χ4n) is 2.55. The van der Waals surface area contributed by atoms with Gasteiger partial charge in [0.1, 0.15) is 19.2 Å². The van der Waals surface area contributed by atoms with Crippen molar-refractivity contribution in [1.82, 2.24) is 0 Å². The number of hydrogen-bond acceptors (Lipinski definition) is 4. The van der Waals surface area contributed by atoms with Crippen LogP contribution in [0.25, 0.3) is 0 Å². The number of amides is 1. The summed E-state index contributed by atoms with van der Waals surface area (Å²) >= 11 is 3.48. The maximum absolute atomic E-state index is 10.9. The molecular weight excluding hydrogens is 364 g/mol. The fourth-order valence-corrected chi connectivity index (χ4v) is 3.16. The maximum atomic E-state index is 10.9. The third kappa shape index (κ3) is 5.67. The van der Waals surface area contributed by atoms with Crippen molar-refractivity contribution in [2.75, 3.05) is 26.4 Å². The second kappa shape index (κ2) is 9.10. The van der Waals surface area contributed by atoms with Gasteiger partial charge in [0.25, 0.3) is 5.91 Å². The van der Waals surface area contributed by atoms with E-state index in [1.165, 1.54) is 0 Å². The Morgan fingerprint density at radius 2 is 2.30 bits per heavy atom. The number of carbonyl (C=O) groups is 1. The minimum absolute atomic E-state index is 0.177. The quantitative estimate of drug-likeness (QED) is 0.660. The molecule has 6 nitrogen and oxygen atoms in total. The summed E-state index contributed by atoms with van der Waals surface area (Å²) in [5.74, 6) is 0.602. The molecular formula is C16H24BrN2O4+. The molecule has 0 spiro atoms. The third-order valence-corrected chi connectivity index (χ3v) is 4.15. The lowest BCUT2D eigenvalue weighted by Crippen LogP contribution is -2.84. The summed E-state index contributed by atoms with van der Waals surface area (Å²) in [7, 11) is 0. The number of benzene rings is 1. The molecule has 1 fully saturated rings. The standard InChI is InChI=1S/C16H23BrN2O4/c1-2-21-14-7-11(8-19-9-12-4-3-5-22-12)6-13(17)16(14)23-10-15(18)20/h6-7,12,19H,2-5,8-10H2,1H3,(H2,18,20)/p+1/t12-/m1/s1. The van der Waals surface area contributed by atoms with E-state index in [9.17, 15) is 4.79 Å². The zero-order valence-electron chi connectivity index (χ0n) is 13.3. The number of primary amides is 1. The first kappa shape index (κ1) is 18.0. The average molecular weight is 388 g/mol. The summed E-state index contributed by atoms with van der Waals surface area (Å²) in [6.07, 6.45) is 2.66. The highest BCUT2D eigenvalue weighted by Crippen LogP contribution is 2.36. The molecule has 4 N–H and O–H groups in total. The Morgan fingerprint density at radius 3 is 2.96 bits per heavy atom. The van der Waals surface area contributed by atoms with E-state index in [0.29, 0.717) is 24.2 Å². The predicted octanol–water partition coefficient (Wildman–Crippen LogP) is 0.954. The Hall–Kier alpha value is -1.31. The van der Waals surface area contributed by atoms with Gasteiger partial charge in [-0.15, -0.1) is 0 Å². The molecule has 23 heavy (non-hydrogen) atoms. The lowest BCUT2D eigenvalue weighted by molar-refractivity contribution is -0.676. The molecule has 0 bridgehead atoms. The third-order valence-electron chi connectivity index (χ3n) is 3.56. The molecule has 2 rings (SSSR count). The molecule has 0 aliphatic carbocycles. The van der Waals surface area contributed by atoms with Gasteiger partial charge in [-0.1, -0.05) is 0 Å². The second-order valence-corrected chi connectivity index (χ2v) is 6.31. The Labute approximate surface area is 144 Å². The summed E-state index contributed by atoms with van der Waals surface area (Å²) in [6, 6.07) is 3.92. The van der Waals surface area contributed by atoms with Crippen LogP contribution in [0.3, 0.4) is 0 Å². The van der Waals surface area contributed by atoms with Crippen LogP contribution in [0.1, 0.15) is 25.3 Å². The lowest BCUT2D eigenvalue weighted by atomic mass is 10.2. The molecule has 1 heterocycles. The molecule has 0 aromatic heterocycles. The van der Waals surface area contributed by atoms with Gasteiger partial charge in [0.05, 0.1) is 11.1 Å². The summed E-state index contributed by atoms with van der Waals surface area (Å²) in [6.45, 7) is 4.91. The van der Waals surface area contributed by atoms with Gasteiger partial charge in [0, 0.05) is 12.2 Å². The fraction of sp³-hybridized carbons (Fsp3) is 0.562. The van der Waals surface area contributed by atoms with Gasteiger partial charge < -0.3 is 25.3 Å². The minimum atomic E-state index is -0.520. The van der Waals surface area contributed by atoms with Crippen molar-refractivity contribution in [2.24, 2.45) is 5.73 Å². The van der Waals surface area contributed by atoms with Crippen molar-refractivity contribution in [3.8, 4) is 11.5 Å². The Kier molecular flexibility index (Phi) is 7.14. The van der Waals surface area contributed by atoms with Crippen LogP contribution < -0.4 is 20.5 Å². The topological polar surface area (TPSA) is 87.4 Å². The van der Waals surface area contributed by atoms with Gasteiger partial charge in [0.2, 0.25) is 0 Å². The normalized spacial score (nSPS) is 17.2. The first-order chi connectivity index (χ1) is 11.1. The molecule has 1 amide bonds. The highest BCUT2D eigenvalue weighted by Gasteiger charge is 2.18. The average Bonchev–Trinajstić information content (AvgIpc) is 3.00. The highest BCUT2D eigenvalue weighted by atomic mass is 79.9. The molecule has 7 heteroatoms. The first-order valence-corrected chi connectivity index (χ1v) is 8.69. The first-order valence-electron chi connectivity index (χ1n) is 7.89. The van der Waals surface area contributed by atoms with Gasteiger partial charge in [-0.2, -0.15) is 0 Å². The Morgan fingerprint density at radius 1 is 1.48 bits per heavy atom. The van der Waals surface area contributed by atoms with Gasteiger partial charge in [-0.3, -0.25) is 4.79 Å². The lowest BCUT2D eigenvalue weighted by Gasteiger charge is -2.15. The van der Waals surface area contributed by atoms with Crippen LogP contribution >= 0.6 is 15.9 Å². The highest BCUT2D eigenvalue weighted by molar-refractivity contribution is 9.10. The van der Waals surface area contributed by atoms with Crippen molar-refractivity contribution < 1.29 is 24.3 Å². The van der Waals surface area contributed by atoms with Gasteiger partial charge in [-0.05, 0) is 47.8 Å². The zero-order valence-corrected chi connectivity index (χ0v) is 14.9. The van der Waals surface area contributed by atoms with Crippen molar-refractivity contribution in [1.29, 1.82) is 0 Å². The van der Waals surface area contributed by atoms with Crippen LogP contribution in [-0.4, -0.2) is 38.4 Å². The Balaban J connectivity index is 2.00. The number of halogens is 1. The van der Waals surface area contributed by atoms with Crippen LogP contribution in [-0.2, 0) is 16.1 Å². The van der Waals surface area contributed by atoms with E-state index < -0.39 is 5.91 Å². The Bertz CT molecular complexity index is 533. The monoisotopic (exact) mass is 387 g/mol. The molecule has 1 saturated heterocycles. The van der Waals surface area contributed by atoms with Crippen molar-refractivity contribution in [3.05, 3.63) is 22.2 Å². The second-order valence-electron chi connectivity index (χ2n) is 5.46. The zero-order chi connectivity index (χ0) is 16.7. The van der Waals surface area contributed by atoms with Crippen LogP contribution in [0.15, 0.2) is 16.6 Å². The van der Waals surface area contributed by atoms with E-state index in [1.54, 1.807) is 0 Å². The molecule has 0 unspecified atom stereocenters. The molecule has 1 aromatic carbocycles. The van der Waals surface area contributed by atoms with E-state index in [0.717, 1.165) is 42.6 Å². The number of rotatable bonds is 9. The molecule has 1 aliphatic heterocycles. The number of nitrogens with two attached hydrogens (primary N) is 2. The largest absolute Gasteiger partial charge is 0.490 e. The number of quaternary nitrogens is 1. The van der Waals surface area contributed by atoms with Crippen LogP contribution in [0.4, 0.5) is 0 Å². The SMILES string of the molecule is CCOc1cc(C[NH2+]C[C@H]2CCCO2)cc(Br)c1OCC(N)=O. The molecule has 0 radical (unpaired) electrons.